The molecule has 0 bridgehead atoms. The van der Waals surface area contributed by atoms with Crippen LogP contribution < -0.4 is 9.47 Å². The lowest BCUT2D eigenvalue weighted by Crippen LogP contribution is -2.32. The molecule has 0 aliphatic rings. The number of ether oxygens (including phenoxy) is 1. The van der Waals surface area contributed by atoms with E-state index in [1.54, 1.807) is 18.2 Å². The molecule has 37 heavy (non-hydrogen) atoms. The fourth-order valence-corrected chi connectivity index (χ4v) is 4.07. The van der Waals surface area contributed by atoms with Crippen LogP contribution in [0.2, 0.25) is 0 Å². The van der Waals surface area contributed by atoms with Crippen molar-refractivity contribution in [2.45, 2.75) is 11.8 Å². The van der Waals surface area contributed by atoms with Crippen molar-refractivity contribution >= 4 is 44.8 Å². The number of pyridine rings is 1. The van der Waals surface area contributed by atoms with Crippen molar-refractivity contribution in [2.24, 2.45) is 7.05 Å². The van der Waals surface area contributed by atoms with Crippen LogP contribution in [0.3, 0.4) is 0 Å². The Bertz CT molecular complexity index is 1530. The van der Waals surface area contributed by atoms with E-state index in [9.17, 15) is 17.8 Å². The number of carbonyl (C=O) groups excluding carboxylic acids is 1. The lowest BCUT2D eigenvalue weighted by molar-refractivity contribution is -0.646. The number of rotatable bonds is 5. The van der Waals surface area contributed by atoms with Gasteiger partial charge in [-0.1, -0.05) is 29.8 Å². The minimum atomic E-state index is -4.27. The van der Waals surface area contributed by atoms with Gasteiger partial charge in [-0.25, -0.2) is 13.2 Å². The molecule has 1 aromatic heterocycles. The van der Waals surface area contributed by atoms with Gasteiger partial charge in [-0.2, -0.15) is 4.57 Å². The summed E-state index contributed by atoms with van der Waals surface area (Å²) in [4.78, 5) is 13.6. The Labute approximate surface area is 218 Å². The van der Waals surface area contributed by atoms with Crippen LogP contribution in [0, 0.1) is 6.92 Å². The number of benzene rings is 3. The normalized spacial score (nSPS) is 11.2. The first-order valence-corrected chi connectivity index (χ1v) is 12.9. The average Bonchev–Trinajstić information content (AvgIpc) is 2.88. The van der Waals surface area contributed by atoms with E-state index in [4.69, 9.17) is 4.74 Å². The third-order valence-electron chi connectivity index (χ3n) is 5.80. The van der Waals surface area contributed by atoms with Gasteiger partial charge < -0.3 is 14.2 Å². The molecule has 1 heterocycles. The van der Waals surface area contributed by atoms with Gasteiger partial charge in [0.1, 0.15) is 17.2 Å². The van der Waals surface area contributed by atoms with Crippen LogP contribution in [0.4, 0.5) is 5.69 Å². The number of hydrogen-bond donors (Lipinski definition) is 0. The van der Waals surface area contributed by atoms with Gasteiger partial charge in [0.15, 0.2) is 0 Å². The van der Waals surface area contributed by atoms with Crippen LogP contribution in [0.15, 0.2) is 83.8 Å². The zero-order chi connectivity index (χ0) is 27.2. The third-order valence-corrected chi connectivity index (χ3v) is 6.65. The van der Waals surface area contributed by atoms with E-state index in [1.165, 1.54) is 24.9 Å². The quantitative estimate of drug-likeness (QED) is 0.218. The smallest absolute Gasteiger partial charge is 0.337 e. The lowest BCUT2D eigenvalue weighted by Gasteiger charge is -2.11. The zero-order valence-electron chi connectivity index (χ0n) is 21.5. The molecular weight excluding hydrogens is 488 g/mol. The highest BCUT2D eigenvalue weighted by molar-refractivity contribution is 7.85. The Balaban J connectivity index is 0.000000289. The van der Waals surface area contributed by atoms with E-state index in [2.05, 4.69) is 45.9 Å². The van der Waals surface area contributed by atoms with E-state index in [-0.39, 0.29) is 10.9 Å². The fraction of sp³-hybridized carbons (Fsp3) is 0.172. The first-order chi connectivity index (χ1) is 17.5. The summed E-state index contributed by atoms with van der Waals surface area (Å²) in [6, 6.07) is 23.9. The van der Waals surface area contributed by atoms with Gasteiger partial charge in [0, 0.05) is 43.4 Å². The van der Waals surface area contributed by atoms with Crippen molar-refractivity contribution in [3.8, 4) is 0 Å². The number of esters is 1. The molecule has 0 aliphatic carbocycles. The Morgan fingerprint density at radius 2 is 1.57 bits per heavy atom. The summed E-state index contributed by atoms with van der Waals surface area (Å²) in [6.07, 6.45) is 4.20. The first-order valence-electron chi connectivity index (χ1n) is 11.5. The summed E-state index contributed by atoms with van der Waals surface area (Å²) >= 11 is 0. The van der Waals surface area contributed by atoms with Gasteiger partial charge >= 0.3 is 5.97 Å². The summed E-state index contributed by atoms with van der Waals surface area (Å²) in [5.74, 6) is -0.320. The number of methoxy groups -OCH3 is 1. The van der Waals surface area contributed by atoms with Crippen molar-refractivity contribution in [3.63, 3.8) is 0 Å². The van der Waals surface area contributed by atoms with Crippen molar-refractivity contribution in [2.75, 3.05) is 26.1 Å². The van der Waals surface area contributed by atoms with E-state index < -0.39 is 10.1 Å². The van der Waals surface area contributed by atoms with Gasteiger partial charge in [-0.3, -0.25) is 0 Å². The maximum absolute atomic E-state index is 11.7. The molecule has 192 valence electrons. The molecule has 0 atom stereocenters. The number of aryl methyl sites for hydroxylation is 2. The Kier molecular flexibility index (Phi) is 8.81. The molecule has 4 rings (SSSR count). The number of hydrogen-bond acceptors (Lipinski definition) is 6. The van der Waals surface area contributed by atoms with Gasteiger partial charge in [0.2, 0.25) is 11.2 Å². The molecule has 7 nitrogen and oxygen atoms in total. The monoisotopic (exact) mass is 518 g/mol. The molecular formula is C29H30N2O5S. The lowest BCUT2D eigenvalue weighted by atomic mass is 10.1. The molecule has 0 amide bonds. The highest BCUT2D eigenvalue weighted by Crippen LogP contribution is 2.17. The van der Waals surface area contributed by atoms with Gasteiger partial charge in [-0.15, -0.1) is 0 Å². The van der Waals surface area contributed by atoms with E-state index in [1.807, 2.05) is 52.3 Å². The summed E-state index contributed by atoms with van der Waals surface area (Å²) in [6.45, 7) is 1.82. The van der Waals surface area contributed by atoms with Crippen molar-refractivity contribution in [3.05, 3.63) is 101 Å². The number of nitrogens with zero attached hydrogens (tertiary/aromatic N) is 2. The molecule has 4 aromatic rings. The second-order valence-corrected chi connectivity index (χ2v) is 10.0. The van der Waals surface area contributed by atoms with Crippen molar-refractivity contribution in [1.29, 1.82) is 0 Å². The summed E-state index contributed by atoms with van der Waals surface area (Å²) in [5.41, 5.74) is 5.96. The van der Waals surface area contributed by atoms with Crippen LogP contribution in [0.1, 0.15) is 27.2 Å². The van der Waals surface area contributed by atoms with Gasteiger partial charge in [-0.05, 0) is 61.0 Å². The molecule has 0 N–H and O–H groups in total. The van der Waals surface area contributed by atoms with Crippen molar-refractivity contribution in [1.82, 2.24) is 0 Å². The van der Waals surface area contributed by atoms with Crippen LogP contribution in [-0.2, 0) is 21.9 Å². The van der Waals surface area contributed by atoms with Crippen molar-refractivity contribution < 1.29 is 27.1 Å². The standard InChI is InChI=1S/C22H23N2O2.C7H8O3S/c1-23(2)19-10-5-16(6-11-19)7-12-20-13-8-17-15-18(22(25)26-4)9-14-21(17)24(20)3;1-6-2-4-7(5-3-6)11(8,9)10/h5-15H,1-4H3;2-5H,1H3,(H,8,9,10)/q+1;/p-1. The second kappa shape index (κ2) is 11.8. The van der Waals surface area contributed by atoms with Crippen LogP contribution >= 0.6 is 0 Å². The highest BCUT2D eigenvalue weighted by atomic mass is 32.2. The Hall–Kier alpha value is -4.01. The van der Waals surface area contributed by atoms with Crippen LogP contribution in [-0.4, -0.2) is 40.1 Å². The molecule has 0 saturated carbocycles. The van der Waals surface area contributed by atoms with Crippen LogP contribution in [0.25, 0.3) is 23.1 Å². The Morgan fingerprint density at radius 3 is 2.14 bits per heavy atom. The van der Waals surface area contributed by atoms with E-state index in [0.717, 1.165) is 27.7 Å². The summed E-state index contributed by atoms with van der Waals surface area (Å²) in [5, 5.41) is 1.00. The number of fused-ring (bicyclic) bond motifs is 1. The van der Waals surface area contributed by atoms with Gasteiger partial charge in [0.25, 0.3) is 0 Å². The number of carbonyl (C=O) groups is 1. The molecule has 3 aromatic carbocycles. The first kappa shape index (κ1) is 27.6. The van der Waals surface area contributed by atoms with Gasteiger partial charge in [0.05, 0.1) is 17.6 Å². The average molecular weight is 519 g/mol. The minimum absolute atomic E-state index is 0.178. The predicted octanol–water partition coefficient (Wildman–Crippen LogP) is 4.59. The molecule has 0 fully saturated rings. The third kappa shape index (κ3) is 7.25. The second-order valence-electron chi connectivity index (χ2n) is 8.67. The minimum Gasteiger partial charge on any atom is -0.744 e. The zero-order valence-corrected chi connectivity index (χ0v) is 22.3. The number of anilines is 1. The number of aromatic nitrogens is 1. The molecule has 0 radical (unpaired) electrons. The topological polar surface area (TPSA) is 90.6 Å². The maximum Gasteiger partial charge on any atom is 0.337 e. The maximum atomic E-state index is 11.7. The molecule has 0 aliphatic heterocycles. The molecule has 0 saturated heterocycles. The summed E-state index contributed by atoms with van der Waals surface area (Å²) in [7, 11) is 3.21. The summed E-state index contributed by atoms with van der Waals surface area (Å²) < 4.78 is 38.1. The molecule has 0 unspecified atom stereocenters. The highest BCUT2D eigenvalue weighted by Gasteiger charge is 2.13. The fourth-order valence-electron chi connectivity index (χ4n) is 3.60. The van der Waals surface area contributed by atoms with E-state index >= 15 is 0 Å². The predicted molar refractivity (Wildman–Crippen MR) is 145 cm³/mol. The largest absolute Gasteiger partial charge is 0.744 e. The Morgan fingerprint density at radius 1 is 0.919 bits per heavy atom. The molecule has 0 spiro atoms. The van der Waals surface area contributed by atoms with Crippen LogP contribution in [0.5, 0.6) is 0 Å². The SMILES string of the molecule is COC(=O)c1ccc2c(ccc(C=Cc3ccc(N(C)C)cc3)[n+]2C)c1.Cc1ccc(S(=O)(=O)[O-])cc1. The van der Waals surface area contributed by atoms with E-state index in [0.29, 0.717) is 5.56 Å². The molecule has 8 heteroatoms.